The van der Waals surface area contributed by atoms with Crippen molar-refractivity contribution >= 4 is 23.2 Å². The first kappa shape index (κ1) is 24.7. The Morgan fingerprint density at radius 3 is 2.49 bits per heavy atom. The second-order valence-electron chi connectivity index (χ2n) is 8.65. The Hall–Kier alpha value is -3.43. The highest BCUT2D eigenvalue weighted by molar-refractivity contribution is 6.04. The van der Waals surface area contributed by atoms with Crippen LogP contribution in [0.2, 0.25) is 0 Å². The van der Waals surface area contributed by atoms with E-state index in [1.807, 2.05) is 42.5 Å². The maximum absolute atomic E-state index is 12.5. The maximum atomic E-state index is 12.5. The van der Waals surface area contributed by atoms with Gasteiger partial charge < -0.3 is 25.0 Å². The number of benzene rings is 2. The van der Waals surface area contributed by atoms with E-state index in [-0.39, 0.29) is 11.8 Å². The Morgan fingerprint density at radius 1 is 1.03 bits per heavy atom. The number of hydrogen-bond acceptors (Lipinski definition) is 7. The molecule has 0 saturated carbocycles. The van der Waals surface area contributed by atoms with Crippen LogP contribution in [-0.2, 0) is 16.1 Å². The van der Waals surface area contributed by atoms with Crippen LogP contribution >= 0.6 is 0 Å². The summed E-state index contributed by atoms with van der Waals surface area (Å²) in [6.45, 7) is 5.04. The molecular formula is C26H33N5O4. The number of nitrogens with zero attached hydrogens (tertiary/aromatic N) is 3. The van der Waals surface area contributed by atoms with Gasteiger partial charge in [-0.1, -0.05) is 12.1 Å². The summed E-state index contributed by atoms with van der Waals surface area (Å²) in [7, 11) is 3.19. The fraction of sp³-hybridized carbons (Fsp3) is 0.423. The Kier molecular flexibility index (Phi) is 8.33. The Bertz CT molecular complexity index is 1060. The zero-order valence-corrected chi connectivity index (χ0v) is 20.4. The molecule has 1 fully saturated rings. The number of anilines is 1. The third kappa shape index (κ3) is 6.58. The number of hydrogen-bond donors (Lipinski definition) is 2. The van der Waals surface area contributed by atoms with E-state index in [9.17, 15) is 9.59 Å². The van der Waals surface area contributed by atoms with Crippen LogP contribution < -0.4 is 20.1 Å². The van der Waals surface area contributed by atoms with Crippen LogP contribution in [0.4, 0.5) is 5.69 Å². The van der Waals surface area contributed by atoms with Crippen LogP contribution in [0.5, 0.6) is 11.5 Å². The normalized spacial score (nSPS) is 16.6. The van der Waals surface area contributed by atoms with Crippen LogP contribution in [0.1, 0.15) is 30.4 Å². The van der Waals surface area contributed by atoms with Gasteiger partial charge in [-0.25, -0.2) is 5.01 Å². The number of carbonyl (C=O) groups excluding carboxylic acids is 2. The van der Waals surface area contributed by atoms with Gasteiger partial charge in [0.15, 0.2) is 11.5 Å². The molecule has 0 bridgehead atoms. The van der Waals surface area contributed by atoms with E-state index in [0.717, 1.165) is 55.2 Å². The van der Waals surface area contributed by atoms with E-state index in [1.54, 1.807) is 14.2 Å². The first-order valence-corrected chi connectivity index (χ1v) is 12.0. The minimum absolute atomic E-state index is 0.00616. The molecule has 1 saturated heterocycles. The van der Waals surface area contributed by atoms with Crippen LogP contribution in [-0.4, -0.2) is 74.4 Å². The van der Waals surface area contributed by atoms with Crippen molar-refractivity contribution in [3.05, 3.63) is 53.6 Å². The van der Waals surface area contributed by atoms with Gasteiger partial charge in [0.1, 0.15) is 0 Å². The second-order valence-corrected chi connectivity index (χ2v) is 8.65. The quantitative estimate of drug-likeness (QED) is 0.574. The number of hydrazone groups is 1. The molecule has 9 nitrogen and oxygen atoms in total. The molecule has 2 N–H and O–H groups in total. The van der Waals surface area contributed by atoms with Crippen LogP contribution in [0, 0.1) is 0 Å². The fourth-order valence-corrected chi connectivity index (χ4v) is 4.23. The molecule has 2 aromatic carbocycles. The molecule has 2 aromatic rings. The van der Waals surface area contributed by atoms with Crippen molar-refractivity contribution in [2.45, 2.75) is 25.8 Å². The summed E-state index contributed by atoms with van der Waals surface area (Å²) in [4.78, 5) is 27.1. The second kappa shape index (κ2) is 11.8. The highest BCUT2D eigenvalue weighted by Crippen LogP contribution is 2.29. The Balaban J connectivity index is 1.35. The van der Waals surface area contributed by atoms with Gasteiger partial charge in [0.05, 0.1) is 26.5 Å². The lowest BCUT2D eigenvalue weighted by molar-refractivity contribution is -0.132. The minimum Gasteiger partial charge on any atom is -0.493 e. The van der Waals surface area contributed by atoms with Crippen molar-refractivity contribution in [2.75, 3.05) is 52.3 Å². The number of nitrogens with one attached hydrogen (secondary N) is 2. The molecule has 0 unspecified atom stereocenters. The molecule has 0 radical (unpaired) electrons. The lowest BCUT2D eigenvalue weighted by Gasteiger charge is -2.26. The van der Waals surface area contributed by atoms with E-state index >= 15 is 0 Å². The molecule has 9 heteroatoms. The number of methoxy groups -OCH3 is 2. The standard InChI is InChI=1S/C26H33N5O4/c1-34-23-9-5-20(17-24(23)35-2)22-8-10-26(33)31(29-22)18-19-3-6-21(7-4-19)28-25(32)11-14-30-15-12-27-13-16-30/h3-7,9,17,27H,8,10-16,18H2,1-2H3,(H,28,32). The predicted molar refractivity (Wildman–Crippen MR) is 135 cm³/mol. The van der Waals surface area contributed by atoms with Crippen LogP contribution in [0.3, 0.4) is 0 Å². The van der Waals surface area contributed by atoms with Crippen molar-refractivity contribution in [1.29, 1.82) is 0 Å². The Morgan fingerprint density at radius 2 is 1.77 bits per heavy atom. The van der Waals surface area contributed by atoms with Crippen molar-refractivity contribution in [3.8, 4) is 11.5 Å². The lowest BCUT2D eigenvalue weighted by Crippen LogP contribution is -2.44. The van der Waals surface area contributed by atoms with Crippen LogP contribution in [0.25, 0.3) is 0 Å². The highest BCUT2D eigenvalue weighted by atomic mass is 16.5. The maximum Gasteiger partial charge on any atom is 0.243 e. The van der Waals surface area contributed by atoms with E-state index in [1.165, 1.54) is 5.01 Å². The topological polar surface area (TPSA) is 95.5 Å². The number of carbonyl (C=O) groups is 2. The number of piperazine rings is 1. The molecule has 0 spiro atoms. The summed E-state index contributed by atoms with van der Waals surface area (Å²) in [6.07, 6.45) is 1.44. The van der Waals surface area contributed by atoms with E-state index < -0.39 is 0 Å². The summed E-state index contributed by atoms with van der Waals surface area (Å²) in [5, 5.41) is 12.4. The SMILES string of the molecule is COc1ccc(C2=NN(Cc3ccc(NC(=O)CCN4CCNCC4)cc3)C(=O)CC2)cc1OC. The molecule has 4 rings (SSSR count). The average Bonchev–Trinajstić information content (AvgIpc) is 2.90. The molecule has 2 aliphatic rings. The van der Waals surface area contributed by atoms with Gasteiger partial charge in [0.2, 0.25) is 11.8 Å². The molecule has 186 valence electrons. The van der Waals surface area contributed by atoms with Gasteiger partial charge in [-0.2, -0.15) is 5.10 Å². The third-order valence-electron chi connectivity index (χ3n) is 6.26. The van der Waals surface area contributed by atoms with Crippen molar-refractivity contribution in [2.24, 2.45) is 5.10 Å². The van der Waals surface area contributed by atoms with E-state index in [0.29, 0.717) is 37.3 Å². The molecular weight excluding hydrogens is 446 g/mol. The number of ether oxygens (including phenoxy) is 2. The summed E-state index contributed by atoms with van der Waals surface area (Å²) in [5.41, 5.74) is 3.42. The van der Waals surface area contributed by atoms with Gasteiger partial charge in [0.25, 0.3) is 0 Å². The monoisotopic (exact) mass is 479 g/mol. The third-order valence-corrected chi connectivity index (χ3v) is 6.26. The highest BCUT2D eigenvalue weighted by Gasteiger charge is 2.22. The zero-order chi connectivity index (χ0) is 24.6. The fourth-order valence-electron chi connectivity index (χ4n) is 4.23. The number of amides is 2. The van der Waals surface area contributed by atoms with Gasteiger partial charge in [-0.15, -0.1) is 0 Å². The largest absolute Gasteiger partial charge is 0.493 e. The molecule has 35 heavy (non-hydrogen) atoms. The summed E-state index contributed by atoms with van der Waals surface area (Å²) in [5.74, 6) is 1.27. The molecule has 0 aliphatic carbocycles. The van der Waals surface area contributed by atoms with Crippen molar-refractivity contribution in [3.63, 3.8) is 0 Å². The summed E-state index contributed by atoms with van der Waals surface area (Å²) in [6, 6.07) is 13.2. The predicted octanol–water partition coefficient (Wildman–Crippen LogP) is 2.46. The van der Waals surface area contributed by atoms with Crippen molar-refractivity contribution in [1.82, 2.24) is 15.2 Å². The Labute approximate surface area is 206 Å². The van der Waals surface area contributed by atoms with Gasteiger partial charge >= 0.3 is 0 Å². The molecule has 0 atom stereocenters. The van der Waals surface area contributed by atoms with E-state index in [2.05, 4.69) is 20.6 Å². The lowest BCUT2D eigenvalue weighted by atomic mass is 10.0. The first-order valence-electron chi connectivity index (χ1n) is 12.0. The number of rotatable bonds is 9. The van der Waals surface area contributed by atoms with Crippen LogP contribution in [0.15, 0.2) is 47.6 Å². The summed E-state index contributed by atoms with van der Waals surface area (Å²) < 4.78 is 10.7. The van der Waals surface area contributed by atoms with Gasteiger partial charge in [-0.3, -0.25) is 9.59 Å². The van der Waals surface area contributed by atoms with E-state index in [4.69, 9.17) is 9.47 Å². The zero-order valence-electron chi connectivity index (χ0n) is 20.4. The molecule has 2 amide bonds. The average molecular weight is 480 g/mol. The molecule has 0 aromatic heterocycles. The van der Waals surface area contributed by atoms with Gasteiger partial charge in [-0.05, 0) is 35.9 Å². The minimum atomic E-state index is -0.0143. The van der Waals surface area contributed by atoms with Gasteiger partial charge in [0, 0.05) is 63.2 Å². The molecule has 2 aliphatic heterocycles. The first-order chi connectivity index (χ1) is 17.1. The summed E-state index contributed by atoms with van der Waals surface area (Å²) >= 11 is 0. The van der Waals surface area contributed by atoms with Crippen molar-refractivity contribution < 1.29 is 19.1 Å². The smallest absolute Gasteiger partial charge is 0.243 e. The molecule has 2 heterocycles.